The number of esters is 1. The number of aliphatic hydroxyl groups excluding tert-OH is 11. The number of carbonyl (C=O) groups excluding carboxylic acids is 1. The molecule has 0 aromatic heterocycles. The van der Waals surface area contributed by atoms with Crippen LogP contribution in [0.15, 0.2) is 12.2 Å². The standard InChI is InChI=1S/C38H60O18/c1-16-11-37-9-5-20-35(2,7-4-8-36(20,3)34(50)55-32-29(49)26(46)23(43)18(13-40)52-32)21(37)6-10-38(16,15-37)56-33-30(27(47)24(44)19(14-41)53-33)54-31-28(48)25(45)22(42)17(12-39)51-31/h17-33,39-49H,1,4-15H2,2-3H3/t17-,18-,19-,20+,21+,22-,23-,24-,25+,26-,27+,28-,29-,30-,31+,32+,33+,35-,36-,37-,38+/m1/s1. The molecule has 320 valence electrons. The predicted octanol–water partition coefficient (Wildman–Crippen LogP) is -2.94. The number of carbonyl (C=O) groups is 1. The van der Waals surface area contributed by atoms with E-state index in [4.69, 9.17) is 28.4 Å². The van der Waals surface area contributed by atoms with Crippen molar-refractivity contribution in [3.05, 3.63) is 12.2 Å². The van der Waals surface area contributed by atoms with E-state index in [-0.39, 0.29) is 22.7 Å². The maximum absolute atomic E-state index is 14.1. The van der Waals surface area contributed by atoms with Crippen molar-refractivity contribution in [3.8, 4) is 0 Å². The lowest BCUT2D eigenvalue weighted by Gasteiger charge is -2.64. The Labute approximate surface area is 324 Å². The highest BCUT2D eigenvalue weighted by Gasteiger charge is 2.69. The molecule has 21 atom stereocenters. The van der Waals surface area contributed by atoms with Crippen LogP contribution in [-0.4, -0.2) is 180 Å². The van der Waals surface area contributed by atoms with Crippen LogP contribution in [0.5, 0.6) is 0 Å². The van der Waals surface area contributed by atoms with Gasteiger partial charge in [-0.15, -0.1) is 0 Å². The predicted molar refractivity (Wildman–Crippen MR) is 186 cm³/mol. The van der Waals surface area contributed by atoms with Crippen molar-refractivity contribution < 1.29 is 89.4 Å². The van der Waals surface area contributed by atoms with E-state index in [1.807, 2.05) is 6.92 Å². The number of ether oxygens (including phenoxy) is 6. The maximum Gasteiger partial charge on any atom is 0.314 e. The van der Waals surface area contributed by atoms with Crippen LogP contribution in [0.25, 0.3) is 0 Å². The average molecular weight is 805 g/mol. The minimum absolute atomic E-state index is 0.121. The van der Waals surface area contributed by atoms with Crippen LogP contribution in [0.4, 0.5) is 0 Å². The normalized spacial score (nSPS) is 54.6. The van der Waals surface area contributed by atoms with Crippen molar-refractivity contribution in [2.75, 3.05) is 19.8 Å². The fourth-order valence-electron chi connectivity index (χ4n) is 12.0. The van der Waals surface area contributed by atoms with Gasteiger partial charge in [0.1, 0.15) is 73.2 Å². The lowest BCUT2D eigenvalue weighted by molar-refractivity contribution is -0.378. The second-order valence-corrected chi connectivity index (χ2v) is 18.0. The summed E-state index contributed by atoms with van der Waals surface area (Å²) in [5, 5.41) is 114. The monoisotopic (exact) mass is 804 g/mol. The van der Waals surface area contributed by atoms with Crippen molar-refractivity contribution >= 4 is 5.97 Å². The third kappa shape index (κ3) is 6.69. The van der Waals surface area contributed by atoms with E-state index < -0.39 is 129 Å². The molecule has 0 aromatic carbocycles. The number of hydrogen-bond acceptors (Lipinski definition) is 18. The molecule has 18 heteroatoms. The van der Waals surface area contributed by atoms with Gasteiger partial charge in [0.05, 0.1) is 30.8 Å². The molecule has 56 heavy (non-hydrogen) atoms. The van der Waals surface area contributed by atoms with E-state index in [1.165, 1.54) is 0 Å². The van der Waals surface area contributed by atoms with Crippen molar-refractivity contribution in [2.24, 2.45) is 28.1 Å². The maximum atomic E-state index is 14.1. The summed E-state index contributed by atoms with van der Waals surface area (Å²) in [6.45, 7) is 6.52. The topological polar surface area (TPSA) is 295 Å². The van der Waals surface area contributed by atoms with Crippen LogP contribution >= 0.6 is 0 Å². The quantitative estimate of drug-likeness (QED) is 0.0631. The molecule has 7 aliphatic rings. The Hall–Kier alpha value is -1.43. The first-order valence-electron chi connectivity index (χ1n) is 19.9. The van der Waals surface area contributed by atoms with Gasteiger partial charge < -0.3 is 84.6 Å². The van der Waals surface area contributed by atoms with E-state index in [1.54, 1.807) is 0 Å². The Morgan fingerprint density at radius 3 is 1.82 bits per heavy atom. The molecule has 4 saturated carbocycles. The number of fused-ring (bicyclic) bond motifs is 3. The molecule has 7 rings (SSSR count). The minimum atomic E-state index is -1.81. The van der Waals surface area contributed by atoms with Gasteiger partial charge in [0.2, 0.25) is 6.29 Å². The minimum Gasteiger partial charge on any atom is -0.432 e. The zero-order valence-corrected chi connectivity index (χ0v) is 31.8. The molecule has 1 spiro atoms. The first-order chi connectivity index (χ1) is 26.4. The third-order valence-corrected chi connectivity index (χ3v) is 15.0. The van der Waals surface area contributed by atoms with Crippen molar-refractivity contribution in [2.45, 2.75) is 169 Å². The summed E-state index contributed by atoms with van der Waals surface area (Å²) < 4.78 is 35.6. The second kappa shape index (κ2) is 15.6. The van der Waals surface area contributed by atoms with Crippen LogP contribution in [0.2, 0.25) is 0 Å². The summed E-state index contributed by atoms with van der Waals surface area (Å²) in [6, 6.07) is 0. The summed E-state index contributed by atoms with van der Waals surface area (Å²) in [6.07, 6.45) is -17.8. The van der Waals surface area contributed by atoms with Crippen LogP contribution < -0.4 is 0 Å². The summed E-state index contributed by atoms with van der Waals surface area (Å²) in [5.74, 6) is -0.591. The lowest BCUT2D eigenvalue weighted by Crippen LogP contribution is -2.65. The van der Waals surface area contributed by atoms with Gasteiger partial charge in [-0.1, -0.05) is 19.9 Å². The molecular weight excluding hydrogens is 744 g/mol. The van der Waals surface area contributed by atoms with E-state index in [0.717, 1.165) is 18.4 Å². The second-order valence-electron chi connectivity index (χ2n) is 18.0. The molecule has 0 radical (unpaired) electrons. The van der Waals surface area contributed by atoms with Gasteiger partial charge in [0.15, 0.2) is 12.6 Å². The van der Waals surface area contributed by atoms with Crippen LogP contribution in [0.3, 0.4) is 0 Å². The fourth-order valence-corrected chi connectivity index (χ4v) is 12.0. The zero-order valence-electron chi connectivity index (χ0n) is 31.8. The first kappa shape index (κ1) is 42.7. The van der Waals surface area contributed by atoms with Crippen molar-refractivity contribution in [1.29, 1.82) is 0 Å². The summed E-state index contributed by atoms with van der Waals surface area (Å²) in [7, 11) is 0. The molecule has 3 saturated heterocycles. The summed E-state index contributed by atoms with van der Waals surface area (Å²) in [5.41, 5.74) is -1.80. The van der Waals surface area contributed by atoms with Crippen LogP contribution in [-0.2, 0) is 33.2 Å². The molecule has 3 heterocycles. The molecule has 18 nitrogen and oxygen atoms in total. The molecule has 0 amide bonds. The lowest BCUT2D eigenvalue weighted by atomic mass is 9.41. The zero-order chi connectivity index (χ0) is 40.7. The molecule has 4 aliphatic carbocycles. The number of rotatable bonds is 9. The largest absolute Gasteiger partial charge is 0.432 e. The molecule has 2 bridgehead atoms. The smallest absolute Gasteiger partial charge is 0.314 e. The van der Waals surface area contributed by atoms with E-state index in [9.17, 15) is 61.0 Å². The van der Waals surface area contributed by atoms with E-state index >= 15 is 0 Å². The highest BCUT2D eigenvalue weighted by atomic mass is 16.8. The van der Waals surface area contributed by atoms with Gasteiger partial charge in [-0.2, -0.15) is 0 Å². The average Bonchev–Trinajstić information content (AvgIpc) is 3.37. The fraction of sp³-hybridized carbons (Fsp3) is 0.921. The van der Waals surface area contributed by atoms with Crippen molar-refractivity contribution in [3.63, 3.8) is 0 Å². The Balaban J connectivity index is 1.10. The summed E-state index contributed by atoms with van der Waals surface area (Å²) in [4.78, 5) is 14.1. The molecule has 0 aromatic rings. The van der Waals surface area contributed by atoms with Gasteiger partial charge in [-0.05, 0) is 86.5 Å². The van der Waals surface area contributed by atoms with Gasteiger partial charge in [0.25, 0.3) is 0 Å². The Kier molecular flexibility index (Phi) is 11.9. The van der Waals surface area contributed by atoms with Gasteiger partial charge in [0, 0.05) is 0 Å². The third-order valence-electron chi connectivity index (χ3n) is 15.0. The molecule has 11 N–H and O–H groups in total. The van der Waals surface area contributed by atoms with Gasteiger partial charge >= 0.3 is 5.97 Å². The molecular formula is C38H60O18. The van der Waals surface area contributed by atoms with Crippen LogP contribution in [0, 0.1) is 28.1 Å². The number of hydrogen-bond donors (Lipinski definition) is 11. The van der Waals surface area contributed by atoms with Gasteiger partial charge in [-0.3, -0.25) is 4.79 Å². The number of aliphatic hydroxyl groups is 11. The van der Waals surface area contributed by atoms with Gasteiger partial charge in [-0.25, -0.2) is 0 Å². The first-order valence-corrected chi connectivity index (χ1v) is 19.9. The van der Waals surface area contributed by atoms with E-state index in [0.29, 0.717) is 44.9 Å². The van der Waals surface area contributed by atoms with Crippen molar-refractivity contribution in [1.82, 2.24) is 0 Å². The van der Waals surface area contributed by atoms with Crippen LogP contribution in [0.1, 0.15) is 71.6 Å². The SMILES string of the molecule is C=C1C[C@@]23CC[C@H]4[C@@](C)(CCC[C@@]4(C)C(=O)O[C@@H]4O[C@H](CO)[C@@H](O)[C@@H](O)[C@H]4O)[C@@H]2CC[C@]1(O[C@@H]1O[C@H](CO)[C@@H](O)[C@H](O)[C@H]1O[C@@H]1O[C@H](CO)[C@@H](O)[C@H](O)[C@H]1O)C3. The Morgan fingerprint density at radius 1 is 0.679 bits per heavy atom. The summed E-state index contributed by atoms with van der Waals surface area (Å²) >= 11 is 0. The highest BCUT2D eigenvalue weighted by molar-refractivity contribution is 5.77. The highest BCUT2D eigenvalue weighted by Crippen LogP contribution is 2.73. The Morgan fingerprint density at radius 2 is 1.21 bits per heavy atom. The molecule has 0 unspecified atom stereocenters. The molecule has 7 fully saturated rings. The Bertz CT molecular complexity index is 1450. The van der Waals surface area contributed by atoms with E-state index in [2.05, 4.69) is 13.5 Å². The molecule has 3 aliphatic heterocycles.